The van der Waals surface area contributed by atoms with Crippen LogP contribution in [0.25, 0.3) is 11.1 Å². The van der Waals surface area contributed by atoms with E-state index >= 15 is 0 Å². The second-order valence-corrected chi connectivity index (χ2v) is 8.15. The molecule has 0 heterocycles. The van der Waals surface area contributed by atoms with Crippen molar-refractivity contribution < 1.29 is 19.5 Å². The summed E-state index contributed by atoms with van der Waals surface area (Å²) >= 11 is 1.20. The van der Waals surface area contributed by atoms with E-state index in [1.165, 1.54) is 11.8 Å². The van der Waals surface area contributed by atoms with Crippen LogP contribution in [0.5, 0.6) is 0 Å². The molecule has 0 aromatic heterocycles. The number of carboxylic acid groups (broad SMARTS) is 1. The Kier molecular flexibility index (Phi) is 10.6. The van der Waals surface area contributed by atoms with Gasteiger partial charge >= 0.3 is 5.97 Å². The number of unbranched alkanes of at least 4 members (excludes halogenated alkanes) is 2. The van der Waals surface area contributed by atoms with Crippen molar-refractivity contribution in [1.29, 1.82) is 0 Å². The van der Waals surface area contributed by atoms with Crippen LogP contribution < -0.4 is 16.4 Å². The minimum atomic E-state index is -1.07. The van der Waals surface area contributed by atoms with Crippen LogP contribution in [0.3, 0.4) is 0 Å². The van der Waals surface area contributed by atoms with Gasteiger partial charge in [0.05, 0.1) is 5.75 Å². The van der Waals surface area contributed by atoms with Crippen molar-refractivity contribution in [1.82, 2.24) is 5.32 Å². The molecule has 8 heteroatoms. The highest BCUT2D eigenvalue weighted by Gasteiger charge is 2.12. The molecule has 0 saturated heterocycles. The van der Waals surface area contributed by atoms with Gasteiger partial charge in [-0.3, -0.25) is 14.4 Å². The summed E-state index contributed by atoms with van der Waals surface area (Å²) in [5.41, 5.74) is 8.31. The first-order valence-electron chi connectivity index (χ1n) is 10.2. The number of carbonyl (C=O) groups excluding carboxylic acids is 2. The fraction of sp³-hybridized carbons (Fsp3) is 0.348. The maximum atomic E-state index is 12.2. The summed E-state index contributed by atoms with van der Waals surface area (Å²) in [6.07, 6.45) is 2.77. The number of carbonyl (C=O) groups is 3. The molecule has 5 N–H and O–H groups in total. The molecule has 0 spiro atoms. The number of rotatable bonds is 13. The molecule has 0 saturated carbocycles. The van der Waals surface area contributed by atoms with Gasteiger partial charge in [-0.25, -0.2) is 0 Å². The molecule has 1 unspecified atom stereocenters. The number of nitrogens with two attached hydrogens (primary N) is 1. The van der Waals surface area contributed by atoms with E-state index < -0.39 is 12.0 Å². The van der Waals surface area contributed by atoms with E-state index in [4.69, 9.17) is 10.8 Å². The Morgan fingerprint density at radius 1 is 0.935 bits per heavy atom. The third-order valence-electron chi connectivity index (χ3n) is 4.50. The number of anilines is 1. The second kappa shape index (κ2) is 13.5. The summed E-state index contributed by atoms with van der Waals surface area (Å²) in [7, 11) is 0. The van der Waals surface area contributed by atoms with Crippen LogP contribution in [0.2, 0.25) is 0 Å². The van der Waals surface area contributed by atoms with Crippen LogP contribution in [-0.2, 0) is 14.4 Å². The highest BCUT2D eigenvalue weighted by atomic mass is 32.2. The van der Waals surface area contributed by atoms with Gasteiger partial charge in [0.1, 0.15) is 6.04 Å². The molecule has 1 atom stereocenters. The molecule has 0 aliphatic heterocycles. The lowest BCUT2D eigenvalue weighted by Gasteiger charge is -2.08. The van der Waals surface area contributed by atoms with E-state index in [2.05, 4.69) is 10.6 Å². The third-order valence-corrected chi connectivity index (χ3v) is 5.57. The minimum Gasteiger partial charge on any atom is -0.480 e. The first-order chi connectivity index (χ1) is 15.0. The molecular formula is C23H29N3O4S. The summed E-state index contributed by atoms with van der Waals surface area (Å²) < 4.78 is 0. The number of benzene rings is 2. The van der Waals surface area contributed by atoms with E-state index in [0.717, 1.165) is 36.1 Å². The number of hydrogen-bond acceptors (Lipinski definition) is 5. The predicted octanol–water partition coefficient (Wildman–Crippen LogP) is 3.11. The molecule has 31 heavy (non-hydrogen) atoms. The average Bonchev–Trinajstić information content (AvgIpc) is 2.76. The topological polar surface area (TPSA) is 122 Å². The van der Waals surface area contributed by atoms with Gasteiger partial charge in [0, 0.05) is 24.4 Å². The number of amides is 2. The maximum absolute atomic E-state index is 12.2. The third kappa shape index (κ3) is 9.67. The Morgan fingerprint density at radius 3 is 2.42 bits per heavy atom. The van der Waals surface area contributed by atoms with Crippen molar-refractivity contribution in [2.75, 3.05) is 23.4 Å². The predicted molar refractivity (Wildman–Crippen MR) is 125 cm³/mol. The molecule has 2 aromatic carbocycles. The van der Waals surface area contributed by atoms with Crippen molar-refractivity contribution >= 4 is 35.2 Å². The number of aliphatic carboxylic acids is 1. The summed E-state index contributed by atoms with van der Waals surface area (Å²) in [4.78, 5) is 34.5. The largest absolute Gasteiger partial charge is 0.480 e. The molecule has 2 aromatic rings. The number of carboxylic acids is 1. The molecule has 0 aliphatic carbocycles. The number of nitrogens with one attached hydrogen (secondary N) is 2. The SMILES string of the molecule is NC(CSCC(=O)NCCCCCC(=O)Nc1cccc(-c2ccccc2)c1)C(=O)O. The monoisotopic (exact) mass is 443 g/mol. The quantitative estimate of drug-likeness (QED) is 0.353. The van der Waals surface area contributed by atoms with Gasteiger partial charge < -0.3 is 21.5 Å². The van der Waals surface area contributed by atoms with Gasteiger partial charge in [-0.1, -0.05) is 48.9 Å². The van der Waals surface area contributed by atoms with Crippen LogP contribution in [0, 0.1) is 0 Å². The molecular weight excluding hydrogens is 414 g/mol. The van der Waals surface area contributed by atoms with Gasteiger partial charge in [0.15, 0.2) is 0 Å². The lowest BCUT2D eigenvalue weighted by molar-refractivity contribution is -0.138. The molecule has 166 valence electrons. The minimum absolute atomic E-state index is 0.0274. The van der Waals surface area contributed by atoms with Gasteiger partial charge in [-0.05, 0) is 36.1 Å². The highest BCUT2D eigenvalue weighted by molar-refractivity contribution is 8.00. The normalized spacial score (nSPS) is 11.5. The maximum Gasteiger partial charge on any atom is 0.321 e. The van der Waals surface area contributed by atoms with Gasteiger partial charge in [0.25, 0.3) is 0 Å². The highest BCUT2D eigenvalue weighted by Crippen LogP contribution is 2.22. The number of hydrogen-bond donors (Lipinski definition) is 4. The van der Waals surface area contributed by atoms with Crippen molar-refractivity contribution in [3.63, 3.8) is 0 Å². The standard InChI is InChI=1S/C23H29N3O4S/c24-20(23(29)30)15-31-16-22(28)25-13-6-2-5-12-21(27)26-19-11-7-10-18(14-19)17-8-3-1-4-9-17/h1,3-4,7-11,14,20H,2,5-6,12-13,15-16,24H2,(H,25,28)(H,26,27)(H,29,30). The average molecular weight is 444 g/mol. The van der Waals surface area contributed by atoms with Crippen LogP contribution in [0.4, 0.5) is 5.69 Å². The van der Waals surface area contributed by atoms with E-state index in [9.17, 15) is 14.4 Å². The Hall–Kier alpha value is -2.84. The molecule has 0 bridgehead atoms. The zero-order chi connectivity index (χ0) is 22.5. The molecule has 0 fully saturated rings. The zero-order valence-corrected chi connectivity index (χ0v) is 18.2. The van der Waals surface area contributed by atoms with E-state index in [1.54, 1.807) is 0 Å². The van der Waals surface area contributed by atoms with Crippen LogP contribution in [0.15, 0.2) is 54.6 Å². The van der Waals surface area contributed by atoms with Crippen LogP contribution in [-0.4, -0.2) is 47.0 Å². The summed E-state index contributed by atoms with van der Waals surface area (Å²) in [5.74, 6) is -0.850. The van der Waals surface area contributed by atoms with E-state index in [-0.39, 0.29) is 23.3 Å². The fourth-order valence-corrected chi connectivity index (χ4v) is 3.65. The first kappa shape index (κ1) is 24.4. The van der Waals surface area contributed by atoms with Crippen molar-refractivity contribution in [2.24, 2.45) is 5.73 Å². The Bertz CT molecular complexity index is 861. The molecule has 7 nitrogen and oxygen atoms in total. The van der Waals surface area contributed by atoms with E-state index in [0.29, 0.717) is 13.0 Å². The molecule has 0 aliphatic rings. The van der Waals surface area contributed by atoms with Gasteiger partial charge in [-0.15, -0.1) is 11.8 Å². The molecule has 2 rings (SSSR count). The van der Waals surface area contributed by atoms with Crippen LogP contribution >= 0.6 is 11.8 Å². The van der Waals surface area contributed by atoms with Crippen molar-refractivity contribution in [3.05, 3.63) is 54.6 Å². The first-order valence-corrected chi connectivity index (χ1v) is 11.4. The Balaban J connectivity index is 1.57. The van der Waals surface area contributed by atoms with Crippen molar-refractivity contribution in [3.8, 4) is 11.1 Å². The molecule has 2 amide bonds. The summed E-state index contributed by atoms with van der Waals surface area (Å²) in [5, 5.41) is 14.4. The lowest BCUT2D eigenvalue weighted by Crippen LogP contribution is -2.33. The van der Waals surface area contributed by atoms with Gasteiger partial charge in [0.2, 0.25) is 11.8 Å². The zero-order valence-electron chi connectivity index (χ0n) is 17.4. The smallest absolute Gasteiger partial charge is 0.321 e. The second-order valence-electron chi connectivity index (χ2n) is 7.12. The Morgan fingerprint density at radius 2 is 1.68 bits per heavy atom. The summed E-state index contributed by atoms with van der Waals surface area (Å²) in [6, 6.07) is 16.8. The molecule has 0 radical (unpaired) electrons. The summed E-state index contributed by atoms with van der Waals surface area (Å²) in [6.45, 7) is 0.533. The van der Waals surface area contributed by atoms with Crippen LogP contribution in [0.1, 0.15) is 25.7 Å². The fourth-order valence-electron chi connectivity index (χ4n) is 2.85. The Labute approximate surface area is 186 Å². The van der Waals surface area contributed by atoms with Gasteiger partial charge in [-0.2, -0.15) is 0 Å². The number of thioether (sulfide) groups is 1. The lowest BCUT2D eigenvalue weighted by atomic mass is 10.1. The van der Waals surface area contributed by atoms with Crippen molar-refractivity contribution in [2.45, 2.75) is 31.7 Å². The van der Waals surface area contributed by atoms with E-state index in [1.807, 2.05) is 54.6 Å².